The van der Waals surface area contributed by atoms with E-state index in [1.165, 1.54) is 7.11 Å². The fourth-order valence-corrected chi connectivity index (χ4v) is 3.00. The van der Waals surface area contributed by atoms with Crippen LogP contribution in [0.15, 0.2) is 54.9 Å². The summed E-state index contributed by atoms with van der Waals surface area (Å²) in [5.74, 6) is -0.0588. The SMILES string of the molecule is COC(=O)c1ccc2c(c1)nc(N)c1ncn(Cc3ccccc3)c12. The number of esters is 1. The summed E-state index contributed by atoms with van der Waals surface area (Å²) in [5, 5.41) is 0.894. The zero-order valence-corrected chi connectivity index (χ0v) is 13.6. The molecule has 2 aromatic heterocycles. The number of hydrogen-bond acceptors (Lipinski definition) is 5. The number of aromatic nitrogens is 3. The number of ether oxygens (including phenoxy) is 1. The van der Waals surface area contributed by atoms with Gasteiger partial charge in [0.25, 0.3) is 0 Å². The highest BCUT2D eigenvalue weighted by molar-refractivity contribution is 6.08. The fourth-order valence-electron chi connectivity index (χ4n) is 3.00. The van der Waals surface area contributed by atoms with Crippen LogP contribution in [0.4, 0.5) is 5.82 Å². The molecular formula is C19H16N4O2. The number of imidazole rings is 1. The predicted octanol–water partition coefficient (Wildman–Crippen LogP) is 3.00. The summed E-state index contributed by atoms with van der Waals surface area (Å²) >= 11 is 0. The van der Waals surface area contributed by atoms with Crippen molar-refractivity contribution >= 4 is 33.7 Å². The number of nitrogens with two attached hydrogens (primary N) is 1. The van der Waals surface area contributed by atoms with E-state index in [1.54, 1.807) is 18.5 Å². The molecule has 0 fully saturated rings. The summed E-state index contributed by atoms with van der Waals surface area (Å²) in [5.41, 5.74) is 9.90. The molecule has 6 nitrogen and oxygen atoms in total. The first-order valence-corrected chi connectivity index (χ1v) is 7.83. The Balaban J connectivity index is 1.92. The molecule has 0 bridgehead atoms. The van der Waals surface area contributed by atoms with Gasteiger partial charge in [0, 0.05) is 11.9 Å². The van der Waals surface area contributed by atoms with Crippen LogP contribution < -0.4 is 5.73 Å². The highest BCUT2D eigenvalue weighted by Gasteiger charge is 2.14. The van der Waals surface area contributed by atoms with Crippen LogP contribution in [0.25, 0.3) is 21.9 Å². The second kappa shape index (κ2) is 5.90. The van der Waals surface area contributed by atoms with Crippen LogP contribution in [-0.2, 0) is 11.3 Å². The average molecular weight is 332 g/mol. The highest BCUT2D eigenvalue weighted by atomic mass is 16.5. The van der Waals surface area contributed by atoms with Gasteiger partial charge in [-0.3, -0.25) is 0 Å². The highest BCUT2D eigenvalue weighted by Crippen LogP contribution is 2.28. The maximum absolute atomic E-state index is 11.8. The third kappa shape index (κ3) is 2.57. The number of hydrogen-bond donors (Lipinski definition) is 1. The fraction of sp³-hybridized carbons (Fsp3) is 0.105. The summed E-state index contributed by atoms with van der Waals surface area (Å²) in [7, 11) is 1.35. The van der Waals surface area contributed by atoms with Crippen molar-refractivity contribution < 1.29 is 9.53 Å². The van der Waals surface area contributed by atoms with Gasteiger partial charge in [0.15, 0.2) is 5.82 Å². The van der Waals surface area contributed by atoms with Gasteiger partial charge in [-0.05, 0) is 23.8 Å². The number of methoxy groups -OCH3 is 1. The van der Waals surface area contributed by atoms with Crippen LogP contribution >= 0.6 is 0 Å². The third-order valence-corrected chi connectivity index (χ3v) is 4.19. The van der Waals surface area contributed by atoms with E-state index >= 15 is 0 Å². The van der Waals surface area contributed by atoms with E-state index in [9.17, 15) is 4.79 Å². The molecule has 4 rings (SSSR count). The van der Waals surface area contributed by atoms with Crippen LogP contribution in [-0.4, -0.2) is 27.6 Å². The van der Waals surface area contributed by atoms with Gasteiger partial charge in [0.05, 0.1) is 30.0 Å². The monoisotopic (exact) mass is 332 g/mol. The molecule has 2 N–H and O–H groups in total. The predicted molar refractivity (Wildman–Crippen MR) is 96.3 cm³/mol. The Morgan fingerprint density at radius 1 is 1.20 bits per heavy atom. The molecule has 0 aliphatic carbocycles. The number of nitrogen functional groups attached to an aromatic ring is 1. The molecule has 0 spiro atoms. The van der Waals surface area contributed by atoms with E-state index in [0.29, 0.717) is 29.0 Å². The summed E-state index contributed by atoms with van der Waals surface area (Å²) < 4.78 is 6.82. The molecule has 25 heavy (non-hydrogen) atoms. The van der Waals surface area contributed by atoms with Gasteiger partial charge in [-0.2, -0.15) is 0 Å². The van der Waals surface area contributed by atoms with Gasteiger partial charge in [0.1, 0.15) is 5.52 Å². The molecule has 0 saturated heterocycles. The normalized spacial score (nSPS) is 11.1. The first kappa shape index (κ1) is 15.1. The molecule has 124 valence electrons. The summed E-state index contributed by atoms with van der Waals surface area (Å²) in [6.07, 6.45) is 1.77. The van der Waals surface area contributed by atoms with Crippen LogP contribution in [0.3, 0.4) is 0 Å². The van der Waals surface area contributed by atoms with Crippen LogP contribution in [0.1, 0.15) is 15.9 Å². The lowest BCUT2D eigenvalue weighted by Crippen LogP contribution is -2.03. The van der Waals surface area contributed by atoms with Crippen LogP contribution in [0.2, 0.25) is 0 Å². The Labute approximate surface area is 143 Å². The van der Waals surface area contributed by atoms with Crippen molar-refractivity contribution in [3.05, 3.63) is 66.0 Å². The first-order chi connectivity index (χ1) is 12.2. The minimum Gasteiger partial charge on any atom is -0.465 e. The Kier molecular flexibility index (Phi) is 3.57. The number of anilines is 1. The maximum Gasteiger partial charge on any atom is 0.337 e. The topological polar surface area (TPSA) is 83.0 Å². The molecule has 2 aromatic carbocycles. The smallest absolute Gasteiger partial charge is 0.337 e. The number of fused-ring (bicyclic) bond motifs is 3. The Hall–Kier alpha value is -3.41. The number of rotatable bonds is 3. The van der Waals surface area contributed by atoms with E-state index in [4.69, 9.17) is 10.5 Å². The van der Waals surface area contributed by atoms with E-state index in [1.807, 2.05) is 28.8 Å². The van der Waals surface area contributed by atoms with Crippen molar-refractivity contribution in [2.24, 2.45) is 0 Å². The standard InChI is InChI=1S/C19H16N4O2/c1-25-19(24)13-7-8-14-15(9-13)22-18(20)16-17(14)23(11-21-16)10-12-5-3-2-4-6-12/h2-9,11H,10H2,1H3,(H2,20,22). The summed E-state index contributed by atoms with van der Waals surface area (Å²) in [6, 6.07) is 15.4. The molecule has 4 aromatic rings. The number of nitrogens with zero attached hydrogens (tertiary/aromatic N) is 3. The lowest BCUT2D eigenvalue weighted by Gasteiger charge is -2.09. The maximum atomic E-state index is 11.8. The van der Waals surface area contributed by atoms with Crippen molar-refractivity contribution in [3.8, 4) is 0 Å². The van der Waals surface area contributed by atoms with E-state index in [2.05, 4.69) is 22.1 Å². The van der Waals surface area contributed by atoms with E-state index in [-0.39, 0.29) is 0 Å². The van der Waals surface area contributed by atoms with Crippen LogP contribution in [0, 0.1) is 0 Å². The molecule has 0 radical (unpaired) electrons. The second-order valence-corrected chi connectivity index (χ2v) is 5.78. The van der Waals surface area contributed by atoms with Gasteiger partial charge < -0.3 is 15.0 Å². The second-order valence-electron chi connectivity index (χ2n) is 5.78. The zero-order chi connectivity index (χ0) is 17.4. The van der Waals surface area contributed by atoms with Crippen LogP contribution in [0.5, 0.6) is 0 Å². The number of carbonyl (C=O) groups is 1. The van der Waals surface area contributed by atoms with E-state index < -0.39 is 5.97 Å². The molecule has 0 aliphatic heterocycles. The van der Waals surface area contributed by atoms with Gasteiger partial charge >= 0.3 is 5.97 Å². The van der Waals surface area contributed by atoms with Crippen molar-refractivity contribution in [2.45, 2.75) is 6.54 Å². The number of carbonyl (C=O) groups excluding carboxylic acids is 1. The molecule has 6 heteroatoms. The molecule has 0 aliphatic rings. The quantitative estimate of drug-likeness (QED) is 0.583. The van der Waals surface area contributed by atoms with Gasteiger partial charge in [0.2, 0.25) is 0 Å². The molecule has 0 saturated carbocycles. The first-order valence-electron chi connectivity index (χ1n) is 7.83. The lowest BCUT2D eigenvalue weighted by molar-refractivity contribution is 0.0601. The van der Waals surface area contributed by atoms with Gasteiger partial charge in [-0.25, -0.2) is 14.8 Å². The van der Waals surface area contributed by atoms with Crippen molar-refractivity contribution in [1.82, 2.24) is 14.5 Å². The van der Waals surface area contributed by atoms with Crippen molar-refractivity contribution in [2.75, 3.05) is 12.8 Å². The molecule has 0 unspecified atom stereocenters. The van der Waals surface area contributed by atoms with E-state index in [0.717, 1.165) is 16.5 Å². The Morgan fingerprint density at radius 3 is 2.76 bits per heavy atom. The van der Waals surface area contributed by atoms with Gasteiger partial charge in [-0.15, -0.1) is 0 Å². The summed E-state index contributed by atoms with van der Waals surface area (Å²) in [6.45, 7) is 0.675. The molecular weight excluding hydrogens is 316 g/mol. The molecule has 0 atom stereocenters. The average Bonchev–Trinajstić information content (AvgIpc) is 3.06. The number of benzene rings is 2. The molecule has 0 amide bonds. The number of pyridine rings is 1. The van der Waals surface area contributed by atoms with Gasteiger partial charge in [-0.1, -0.05) is 30.3 Å². The van der Waals surface area contributed by atoms with Crippen molar-refractivity contribution in [3.63, 3.8) is 0 Å². The lowest BCUT2D eigenvalue weighted by atomic mass is 10.1. The Morgan fingerprint density at radius 2 is 2.00 bits per heavy atom. The third-order valence-electron chi connectivity index (χ3n) is 4.19. The minimum absolute atomic E-state index is 0.344. The Bertz CT molecular complexity index is 1090. The zero-order valence-electron chi connectivity index (χ0n) is 13.6. The minimum atomic E-state index is -0.403. The van der Waals surface area contributed by atoms with Crippen molar-refractivity contribution in [1.29, 1.82) is 0 Å². The largest absolute Gasteiger partial charge is 0.465 e. The molecule has 2 heterocycles. The summed E-state index contributed by atoms with van der Waals surface area (Å²) in [4.78, 5) is 20.6.